The molecule has 0 amide bonds. The van der Waals surface area contributed by atoms with Gasteiger partial charge in [-0.1, -0.05) is 6.07 Å². The molecule has 0 bridgehead atoms. The number of hydrogen-bond donors (Lipinski definition) is 1. The maximum atomic E-state index is 11.6. The van der Waals surface area contributed by atoms with E-state index in [1.165, 1.54) is 17.0 Å². The summed E-state index contributed by atoms with van der Waals surface area (Å²) in [5.41, 5.74) is 6.94. The zero-order valence-electron chi connectivity index (χ0n) is 10.2. The lowest BCUT2D eigenvalue weighted by atomic mass is 10.3. The van der Waals surface area contributed by atoms with Crippen LogP contribution in [0.2, 0.25) is 0 Å². The lowest BCUT2D eigenvalue weighted by Gasteiger charge is -2.08. The normalized spacial score (nSPS) is 10.3. The summed E-state index contributed by atoms with van der Waals surface area (Å²) in [6.45, 7) is 2.64. The van der Waals surface area contributed by atoms with Gasteiger partial charge in [0, 0.05) is 23.5 Å². The topological polar surface area (TPSA) is 70.1 Å². The van der Waals surface area contributed by atoms with Crippen molar-refractivity contribution >= 4 is 5.69 Å². The van der Waals surface area contributed by atoms with Crippen LogP contribution in [0.5, 0.6) is 5.75 Å². The van der Waals surface area contributed by atoms with Gasteiger partial charge in [-0.05, 0) is 19.1 Å². The SMILES string of the molecule is Cc1cc(=O)n(CCOc2cccc(N)c2)cn1. The predicted molar refractivity (Wildman–Crippen MR) is 69.6 cm³/mol. The van der Waals surface area contributed by atoms with Gasteiger partial charge in [0.15, 0.2) is 0 Å². The minimum absolute atomic E-state index is 0.0707. The average molecular weight is 245 g/mol. The number of benzene rings is 1. The standard InChI is InChI=1S/C13H15N3O2/c1-10-7-13(17)16(9-15-10)5-6-18-12-4-2-3-11(14)8-12/h2-4,7-9H,5-6,14H2,1H3. The van der Waals surface area contributed by atoms with Crippen LogP contribution in [0.25, 0.3) is 0 Å². The first-order valence-electron chi connectivity index (χ1n) is 5.66. The Balaban J connectivity index is 1.94. The van der Waals surface area contributed by atoms with Crippen molar-refractivity contribution in [1.29, 1.82) is 0 Å². The lowest BCUT2D eigenvalue weighted by Crippen LogP contribution is -2.23. The number of aryl methyl sites for hydroxylation is 1. The van der Waals surface area contributed by atoms with E-state index in [4.69, 9.17) is 10.5 Å². The van der Waals surface area contributed by atoms with Gasteiger partial charge in [0.05, 0.1) is 12.9 Å². The van der Waals surface area contributed by atoms with E-state index >= 15 is 0 Å². The molecule has 0 spiro atoms. The maximum absolute atomic E-state index is 11.6. The maximum Gasteiger partial charge on any atom is 0.253 e. The van der Waals surface area contributed by atoms with Gasteiger partial charge < -0.3 is 10.5 Å². The fourth-order valence-corrected chi connectivity index (χ4v) is 1.55. The van der Waals surface area contributed by atoms with Crippen LogP contribution < -0.4 is 16.0 Å². The van der Waals surface area contributed by atoms with E-state index in [9.17, 15) is 4.79 Å². The monoisotopic (exact) mass is 245 g/mol. The van der Waals surface area contributed by atoms with Crippen LogP contribution in [0.3, 0.4) is 0 Å². The second-order valence-electron chi connectivity index (χ2n) is 3.98. The Morgan fingerprint density at radius 3 is 2.94 bits per heavy atom. The van der Waals surface area contributed by atoms with Crippen molar-refractivity contribution in [3.63, 3.8) is 0 Å². The molecule has 1 heterocycles. The van der Waals surface area contributed by atoms with Crippen LogP contribution in [0.15, 0.2) is 41.5 Å². The fraction of sp³-hybridized carbons (Fsp3) is 0.231. The van der Waals surface area contributed by atoms with Crippen LogP contribution in [0.4, 0.5) is 5.69 Å². The van der Waals surface area contributed by atoms with Gasteiger partial charge in [0.1, 0.15) is 12.4 Å². The molecule has 0 fully saturated rings. The Morgan fingerprint density at radius 2 is 2.22 bits per heavy atom. The van der Waals surface area contributed by atoms with E-state index in [0.29, 0.717) is 30.3 Å². The molecule has 1 aromatic carbocycles. The molecule has 94 valence electrons. The highest BCUT2D eigenvalue weighted by Gasteiger charge is 1.98. The second kappa shape index (κ2) is 5.35. The Kier molecular flexibility index (Phi) is 3.62. The summed E-state index contributed by atoms with van der Waals surface area (Å²) in [4.78, 5) is 15.7. The Hall–Kier alpha value is -2.30. The highest BCUT2D eigenvalue weighted by Crippen LogP contribution is 2.14. The number of nitrogen functional groups attached to an aromatic ring is 1. The van der Waals surface area contributed by atoms with Crippen LogP contribution in [0, 0.1) is 6.92 Å². The molecule has 2 N–H and O–H groups in total. The van der Waals surface area contributed by atoms with Crippen LogP contribution in [-0.2, 0) is 6.54 Å². The summed E-state index contributed by atoms with van der Waals surface area (Å²) in [5, 5.41) is 0. The van der Waals surface area contributed by atoms with Crippen LogP contribution >= 0.6 is 0 Å². The van der Waals surface area contributed by atoms with Crippen molar-refractivity contribution in [3.05, 3.63) is 52.7 Å². The first-order valence-corrected chi connectivity index (χ1v) is 5.66. The van der Waals surface area contributed by atoms with E-state index in [1.807, 2.05) is 12.1 Å². The Labute approximate surface area is 105 Å². The van der Waals surface area contributed by atoms with E-state index in [-0.39, 0.29) is 5.56 Å². The third-order valence-electron chi connectivity index (χ3n) is 2.48. The second-order valence-corrected chi connectivity index (χ2v) is 3.98. The molecule has 0 radical (unpaired) electrons. The molecule has 18 heavy (non-hydrogen) atoms. The van der Waals surface area contributed by atoms with Crippen molar-refractivity contribution in [1.82, 2.24) is 9.55 Å². The summed E-state index contributed by atoms with van der Waals surface area (Å²) in [6.07, 6.45) is 1.53. The van der Waals surface area contributed by atoms with Crippen molar-refractivity contribution in [2.24, 2.45) is 0 Å². The smallest absolute Gasteiger partial charge is 0.253 e. The zero-order valence-corrected chi connectivity index (χ0v) is 10.2. The predicted octanol–water partition coefficient (Wildman–Crippen LogP) is 1.21. The van der Waals surface area contributed by atoms with Crippen molar-refractivity contribution in [2.75, 3.05) is 12.3 Å². The van der Waals surface area contributed by atoms with Gasteiger partial charge in [0.2, 0.25) is 0 Å². The molecule has 0 aliphatic heterocycles. The van der Waals surface area contributed by atoms with E-state index in [1.54, 1.807) is 19.1 Å². The molecule has 5 nitrogen and oxygen atoms in total. The summed E-state index contributed by atoms with van der Waals surface area (Å²) in [7, 11) is 0. The highest BCUT2D eigenvalue weighted by molar-refractivity contribution is 5.43. The molecule has 0 atom stereocenters. The summed E-state index contributed by atoms with van der Waals surface area (Å²) >= 11 is 0. The van der Waals surface area contributed by atoms with Crippen molar-refractivity contribution in [3.8, 4) is 5.75 Å². The number of nitrogens with two attached hydrogens (primary N) is 1. The molecule has 1 aromatic heterocycles. The molecule has 2 rings (SSSR count). The minimum Gasteiger partial charge on any atom is -0.492 e. The molecule has 2 aromatic rings. The third kappa shape index (κ3) is 3.10. The molecule has 0 aliphatic rings. The number of rotatable bonds is 4. The number of hydrogen-bond acceptors (Lipinski definition) is 4. The Morgan fingerprint density at radius 1 is 1.39 bits per heavy atom. The average Bonchev–Trinajstić information content (AvgIpc) is 2.32. The largest absolute Gasteiger partial charge is 0.492 e. The van der Waals surface area contributed by atoms with E-state index in [2.05, 4.69) is 4.98 Å². The van der Waals surface area contributed by atoms with Gasteiger partial charge in [-0.15, -0.1) is 0 Å². The zero-order chi connectivity index (χ0) is 13.0. The molecule has 0 unspecified atom stereocenters. The van der Waals surface area contributed by atoms with Crippen molar-refractivity contribution < 1.29 is 4.74 Å². The first-order chi connectivity index (χ1) is 8.65. The van der Waals surface area contributed by atoms with E-state index in [0.717, 1.165) is 0 Å². The number of anilines is 1. The number of nitrogens with zero attached hydrogens (tertiary/aromatic N) is 2. The van der Waals surface area contributed by atoms with Crippen LogP contribution in [0.1, 0.15) is 5.69 Å². The molecule has 0 aliphatic carbocycles. The quantitative estimate of drug-likeness (QED) is 0.822. The van der Waals surface area contributed by atoms with Gasteiger partial charge in [-0.25, -0.2) is 4.98 Å². The lowest BCUT2D eigenvalue weighted by molar-refractivity contribution is 0.295. The molecular weight excluding hydrogens is 230 g/mol. The number of ether oxygens (including phenoxy) is 1. The molecule has 0 saturated heterocycles. The number of aromatic nitrogens is 2. The van der Waals surface area contributed by atoms with Gasteiger partial charge in [-0.3, -0.25) is 9.36 Å². The summed E-state index contributed by atoms with van der Waals surface area (Å²) < 4.78 is 7.02. The van der Waals surface area contributed by atoms with Crippen molar-refractivity contribution in [2.45, 2.75) is 13.5 Å². The highest BCUT2D eigenvalue weighted by atomic mass is 16.5. The van der Waals surface area contributed by atoms with Gasteiger partial charge in [0.25, 0.3) is 5.56 Å². The molecule has 5 heteroatoms. The minimum atomic E-state index is -0.0707. The van der Waals surface area contributed by atoms with Crippen LogP contribution in [-0.4, -0.2) is 16.2 Å². The Bertz CT molecular complexity index is 593. The summed E-state index contributed by atoms with van der Waals surface area (Å²) in [5.74, 6) is 0.697. The first kappa shape index (κ1) is 12.2. The molecular formula is C13H15N3O2. The van der Waals surface area contributed by atoms with Gasteiger partial charge in [-0.2, -0.15) is 0 Å². The van der Waals surface area contributed by atoms with E-state index < -0.39 is 0 Å². The third-order valence-corrected chi connectivity index (χ3v) is 2.48. The summed E-state index contributed by atoms with van der Waals surface area (Å²) in [6, 6.07) is 8.69. The fourth-order valence-electron chi connectivity index (χ4n) is 1.55. The molecule has 0 saturated carbocycles. The van der Waals surface area contributed by atoms with Gasteiger partial charge >= 0.3 is 0 Å².